The molecule has 12 heavy (non-hydrogen) atoms. The van der Waals surface area contributed by atoms with E-state index in [0.29, 0.717) is 0 Å². The predicted octanol–water partition coefficient (Wildman–Crippen LogP) is 0.790. The normalized spacial score (nSPS) is 8.50. The topological polar surface area (TPSA) is 86.7 Å². The Labute approximate surface area is 75.3 Å². The van der Waals surface area contributed by atoms with E-state index >= 15 is 0 Å². The highest BCUT2D eigenvalue weighted by Gasteiger charge is 2.22. The van der Waals surface area contributed by atoms with Gasteiger partial charge in [-0.3, -0.25) is 0 Å². The summed E-state index contributed by atoms with van der Waals surface area (Å²) in [5, 5.41) is 0. The van der Waals surface area contributed by atoms with Crippen LogP contribution in [0.5, 0.6) is 0 Å². The highest BCUT2D eigenvalue weighted by atomic mass is 35.5. The molecule has 0 aliphatic heterocycles. The molecule has 0 aromatic rings. The average Bonchev–Trinajstić information content (AvgIpc) is 1.84. The molecular weight excluding hydrogens is 215 g/mol. The lowest BCUT2D eigenvalue weighted by atomic mass is 10.7. The van der Waals surface area contributed by atoms with Crippen molar-refractivity contribution in [2.24, 2.45) is 0 Å². The van der Waals surface area contributed by atoms with Gasteiger partial charge in [0, 0.05) is 23.2 Å². The van der Waals surface area contributed by atoms with Crippen molar-refractivity contribution >= 4 is 46.0 Å². The van der Waals surface area contributed by atoms with Crippen LogP contribution in [-0.2, 0) is 19.1 Å². The zero-order chi connectivity index (χ0) is 9.72. The van der Waals surface area contributed by atoms with Crippen LogP contribution in [0.1, 0.15) is 0 Å². The molecule has 0 spiro atoms. The molecule has 0 unspecified atom stereocenters. The Kier molecular flexibility index (Phi) is 4.24. The van der Waals surface area contributed by atoms with E-state index in [4.69, 9.17) is 0 Å². The minimum atomic E-state index is -1.72. The van der Waals surface area contributed by atoms with E-state index in [2.05, 4.69) is 32.7 Å². The third kappa shape index (κ3) is 4.64. The molecule has 0 aromatic heterocycles. The van der Waals surface area contributed by atoms with Gasteiger partial charge in [-0.15, -0.1) is 0 Å². The van der Waals surface area contributed by atoms with Crippen LogP contribution < -0.4 is 0 Å². The van der Waals surface area contributed by atoms with Gasteiger partial charge in [0.25, 0.3) is 0 Å². The molecule has 0 fully saturated rings. The van der Waals surface area contributed by atoms with Gasteiger partial charge in [-0.05, 0) is 0 Å². The van der Waals surface area contributed by atoms with E-state index in [1.165, 1.54) is 0 Å². The average molecular weight is 215 g/mol. The SMILES string of the molecule is O=C(Cl)OC(=O)C(=O)OC(=O)Cl. The van der Waals surface area contributed by atoms with E-state index in [1.54, 1.807) is 0 Å². The van der Waals surface area contributed by atoms with Crippen LogP contribution in [0.2, 0.25) is 0 Å². The van der Waals surface area contributed by atoms with Gasteiger partial charge in [-0.25, -0.2) is 19.2 Å². The molecule has 0 saturated carbocycles. The number of halogens is 2. The van der Waals surface area contributed by atoms with Gasteiger partial charge in [0.2, 0.25) is 0 Å². The maximum absolute atomic E-state index is 10.3. The van der Waals surface area contributed by atoms with Crippen LogP contribution in [-0.4, -0.2) is 22.8 Å². The van der Waals surface area contributed by atoms with Gasteiger partial charge in [-0.2, -0.15) is 0 Å². The monoisotopic (exact) mass is 214 g/mol. The molecule has 0 bridgehead atoms. The van der Waals surface area contributed by atoms with Crippen molar-refractivity contribution in [2.45, 2.75) is 0 Å². The standard InChI is InChI=1S/C4Cl2O6/c5-3(9)11-1(7)2(8)12-4(6)10. The van der Waals surface area contributed by atoms with E-state index in [1.807, 2.05) is 0 Å². The van der Waals surface area contributed by atoms with Gasteiger partial charge in [0.05, 0.1) is 0 Å². The lowest BCUT2D eigenvalue weighted by Gasteiger charge is -1.94. The Morgan fingerprint density at radius 1 is 0.750 bits per heavy atom. The molecule has 0 amide bonds. The molecule has 0 aliphatic carbocycles. The minimum absolute atomic E-state index is 1.51. The summed E-state index contributed by atoms with van der Waals surface area (Å²) in [5.41, 5.74) is -3.03. The highest BCUT2D eigenvalue weighted by Crippen LogP contribution is 1.93. The minimum Gasteiger partial charge on any atom is -0.372 e. The Bertz CT molecular complexity index is 220. The summed E-state index contributed by atoms with van der Waals surface area (Å²) in [7, 11) is 0. The summed E-state index contributed by atoms with van der Waals surface area (Å²) in [4.78, 5) is 40.2. The van der Waals surface area contributed by atoms with E-state index in [0.717, 1.165) is 0 Å². The molecule has 0 radical (unpaired) electrons. The molecule has 6 nitrogen and oxygen atoms in total. The second-order valence-electron chi connectivity index (χ2n) is 1.25. The fraction of sp³-hybridized carbons (Fsp3) is 0. The molecule has 66 valence electrons. The van der Waals surface area contributed by atoms with E-state index < -0.39 is 22.8 Å². The van der Waals surface area contributed by atoms with Gasteiger partial charge < -0.3 is 9.47 Å². The molecule has 0 atom stereocenters. The lowest BCUT2D eigenvalue weighted by Crippen LogP contribution is -2.21. The number of rotatable bonds is 0. The van der Waals surface area contributed by atoms with Crippen LogP contribution in [0.4, 0.5) is 9.59 Å². The Morgan fingerprint density at radius 2 is 1.00 bits per heavy atom. The molecule has 0 heterocycles. The highest BCUT2D eigenvalue weighted by molar-refractivity contribution is 6.64. The molecule has 0 saturated heterocycles. The maximum Gasteiger partial charge on any atom is 0.426 e. The van der Waals surface area contributed by atoms with Gasteiger partial charge in [0.15, 0.2) is 0 Å². The second-order valence-corrected chi connectivity index (χ2v) is 1.87. The first kappa shape index (κ1) is 10.9. The van der Waals surface area contributed by atoms with Gasteiger partial charge in [-0.1, -0.05) is 0 Å². The summed E-state index contributed by atoms with van der Waals surface area (Å²) in [5.74, 6) is -3.44. The van der Waals surface area contributed by atoms with Gasteiger partial charge in [0.1, 0.15) is 0 Å². The third-order valence-corrected chi connectivity index (χ3v) is 0.667. The Hall–Kier alpha value is -1.14. The fourth-order valence-electron chi connectivity index (χ4n) is 0.229. The number of carbonyl (C=O) groups is 4. The summed E-state index contributed by atoms with van der Waals surface area (Å²) in [6, 6.07) is 0. The number of ether oxygens (including phenoxy) is 2. The predicted molar refractivity (Wildman–Crippen MR) is 34.7 cm³/mol. The third-order valence-electron chi connectivity index (χ3n) is 0.513. The lowest BCUT2D eigenvalue weighted by molar-refractivity contribution is -0.158. The van der Waals surface area contributed by atoms with Crippen LogP contribution in [0, 0.1) is 0 Å². The molecule has 0 N–H and O–H groups in total. The summed E-state index contributed by atoms with van der Waals surface area (Å²) >= 11 is 9.09. The molecule has 0 aromatic carbocycles. The smallest absolute Gasteiger partial charge is 0.372 e. The second kappa shape index (κ2) is 4.68. The van der Waals surface area contributed by atoms with E-state index in [9.17, 15) is 19.2 Å². The first-order valence-electron chi connectivity index (χ1n) is 2.26. The fourth-order valence-corrected chi connectivity index (χ4v) is 0.369. The summed E-state index contributed by atoms with van der Waals surface area (Å²) in [6.07, 6.45) is 0. The zero-order valence-electron chi connectivity index (χ0n) is 5.21. The van der Waals surface area contributed by atoms with Crippen molar-refractivity contribution in [1.82, 2.24) is 0 Å². The van der Waals surface area contributed by atoms with Crippen LogP contribution >= 0.6 is 23.2 Å². The van der Waals surface area contributed by atoms with E-state index in [-0.39, 0.29) is 0 Å². The quantitative estimate of drug-likeness (QED) is 0.257. The van der Waals surface area contributed by atoms with Crippen molar-refractivity contribution < 1.29 is 28.7 Å². The van der Waals surface area contributed by atoms with Crippen LogP contribution in [0.15, 0.2) is 0 Å². The maximum atomic E-state index is 10.3. The van der Waals surface area contributed by atoms with Crippen molar-refractivity contribution in [1.29, 1.82) is 0 Å². The summed E-state index contributed by atoms with van der Waals surface area (Å²) in [6.45, 7) is 0. The molecule has 0 aliphatic rings. The molecule has 0 rings (SSSR count). The molecular formula is C4Cl2O6. The number of hydrogen-bond acceptors (Lipinski definition) is 6. The Balaban J connectivity index is 4.03. The first-order chi connectivity index (χ1) is 5.43. The first-order valence-corrected chi connectivity index (χ1v) is 3.02. The van der Waals surface area contributed by atoms with Gasteiger partial charge >= 0.3 is 22.8 Å². The molecule has 8 heteroatoms. The van der Waals surface area contributed by atoms with Crippen molar-refractivity contribution in [3.63, 3.8) is 0 Å². The number of esters is 2. The van der Waals surface area contributed by atoms with Crippen LogP contribution in [0.25, 0.3) is 0 Å². The van der Waals surface area contributed by atoms with Crippen LogP contribution in [0.3, 0.4) is 0 Å². The number of carbonyl (C=O) groups excluding carboxylic acids is 4. The summed E-state index contributed by atoms with van der Waals surface area (Å²) < 4.78 is 7.03. The zero-order valence-corrected chi connectivity index (χ0v) is 6.72. The largest absolute Gasteiger partial charge is 0.426 e. The van der Waals surface area contributed by atoms with Crippen molar-refractivity contribution in [2.75, 3.05) is 0 Å². The van der Waals surface area contributed by atoms with Crippen molar-refractivity contribution in [3.8, 4) is 0 Å². The Morgan fingerprint density at radius 3 is 1.17 bits per heavy atom. The van der Waals surface area contributed by atoms with Crippen molar-refractivity contribution in [3.05, 3.63) is 0 Å². The number of hydrogen-bond donors (Lipinski definition) is 0.